The van der Waals surface area contributed by atoms with Crippen molar-refractivity contribution in [2.45, 2.75) is 45.1 Å². The Hall–Kier alpha value is -2.04. The van der Waals surface area contributed by atoms with Crippen LogP contribution >= 0.6 is 0 Å². The fourth-order valence-corrected chi connectivity index (χ4v) is 3.87. The van der Waals surface area contributed by atoms with Crippen molar-refractivity contribution in [2.75, 3.05) is 26.7 Å². The summed E-state index contributed by atoms with van der Waals surface area (Å²) in [5.41, 5.74) is 0.952. The fraction of sp³-hybridized carbons (Fsp3) is 0.600. The van der Waals surface area contributed by atoms with Crippen LogP contribution in [0.4, 0.5) is 0 Å². The predicted octanol–water partition coefficient (Wildman–Crippen LogP) is 3.01. The summed E-state index contributed by atoms with van der Waals surface area (Å²) in [5, 5.41) is 0. The van der Waals surface area contributed by atoms with Crippen LogP contribution < -0.4 is 4.74 Å². The largest absolute Gasteiger partial charge is 0.496 e. The standard InChI is InChI=1S/C20H28N2O3/c1-3-4-14-22-18(23)11-10-16(20(24)21-12-7-13-21)19(22)15-8-5-6-9-17(15)25-2/h5-6,8-9,16,19H,3-4,7,10-14H2,1-2H3/t16-,19+/m0/s1. The van der Waals surface area contributed by atoms with Gasteiger partial charge in [0.1, 0.15) is 5.75 Å². The lowest BCUT2D eigenvalue weighted by atomic mass is 9.82. The van der Waals surface area contributed by atoms with Gasteiger partial charge in [0.15, 0.2) is 0 Å². The molecule has 2 amide bonds. The molecule has 2 heterocycles. The van der Waals surface area contributed by atoms with E-state index in [1.54, 1.807) is 7.11 Å². The zero-order chi connectivity index (χ0) is 17.8. The molecule has 0 aromatic heterocycles. The zero-order valence-electron chi connectivity index (χ0n) is 15.2. The number of para-hydroxylation sites is 1. The quantitative estimate of drug-likeness (QED) is 0.797. The molecule has 0 radical (unpaired) electrons. The second-order valence-corrected chi connectivity index (χ2v) is 6.95. The lowest BCUT2D eigenvalue weighted by Crippen LogP contribution is -2.52. The van der Waals surface area contributed by atoms with Gasteiger partial charge in [0.05, 0.1) is 19.1 Å². The summed E-state index contributed by atoms with van der Waals surface area (Å²) in [6.45, 7) is 4.50. The van der Waals surface area contributed by atoms with E-state index in [-0.39, 0.29) is 23.8 Å². The second kappa shape index (κ2) is 7.89. The van der Waals surface area contributed by atoms with Gasteiger partial charge in [0, 0.05) is 31.6 Å². The molecule has 0 aliphatic carbocycles. The molecule has 5 heteroatoms. The highest BCUT2D eigenvalue weighted by molar-refractivity contribution is 5.85. The Morgan fingerprint density at radius 1 is 1.28 bits per heavy atom. The first kappa shape index (κ1) is 17.8. The van der Waals surface area contributed by atoms with Crippen LogP contribution in [-0.2, 0) is 9.59 Å². The van der Waals surface area contributed by atoms with Crippen LogP contribution in [0.15, 0.2) is 24.3 Å². The molecule has 2 atom stereocenters. The molecule has 1 aromatic carbocycles. The van der Waals surface area contributed by atoms with Crippen molar-refractivity contribution in [2.24, 2.45) is 5.92 Å². The Morgan fingerprint density at radius 3 is 2.68 bits per heavy atom. The Morgan fingerprint density at radius 2 is 2.04 bits per heavy atom. The normalized spacial score (nSPS) is 23.4. The minimum atomic E-state index is -0.225. The number of methoxy groups -OCH3 is 1. The van der Waals surface area contributed by atoms with Gasteiger partial charge in [-0.3, -0.25) is 9.59 Å². The third-order valence-corrected chi connectivity index (χ3v) is 5.40. The van der Waals surface area contributed by atoms with E-state index in [1.165, 1.54) is 0 Å². The molecule has 0 unspecified atom stereocenters. The maximum absolute atomic E-state index is 13.0. The molecule has 2 saturated heterocycles. The smallest absolute Gasteiger partial charge is 0.228 e. The van der Waals surface area contributed by atoms with Crippen molar-refractivity contribution >= 4 is 11.8 Å². The summed E-state index contributed by atoms with van der Waals surface area (Å²) in [6.07, 6.45) is 4.13. The molecule has 25 heavy (non-hydrogen) atoms. The lowest BCUT2D eigenvalue weighted by Gasteiger charge is -2.44. The zero-order valence-corrected chi connectivity index (χ0v) is 15.2. The highest BCUT2D eigenvalue weighted by atomic mass is 16.5. The number of carbonyl (C=O) groups is 2. The van der Waals surface area contributed by atoms with Crippen LogP contribution in [0.3, 0.4) is 0 Å². The van der Waals surface area contributed by atoms with Gasteiger partial charge in [-0.1, -0.05) is 31.5 Å². The number of rotatable bonds is 6. The summed E-state index contributed by atoms with van der Waals surface area (Å²) < 4.78 is 5.55. The topological polar surface area (TPSA) is 49.9 Å². The number of nitrogens with zero attached hydrogens (tertiary/aromatic N) is 2. The molecule has 5 nitrogen and oxygen atoms in total. The van der Waals surface area contributed by atoms with Crippen molar-refractivity contribution in [3.63, 3.8) is 0 Å². The maximum Gasteiger partial charge on any atom is 0.228 e. The first-order valence-electron chi connectivity index (χ1n) is 9.38. The molecule has 1 aromatic rings. The average molecular weight is 344 g/mol. The van der Waals surface area contributed by atoms with E-state index in [4.69, 9.17) is 4.74 Å². The molecule has 0 N–H and O–H groups in total. The number of hydrogen-bond donors (Lipinski definition) is 0. The van der Waals surface area contributed by atoms with E-state index in [0.29, 0.717) is 19.4 Å². The molecule has 2 fully saturated rings. The van der Waals surface area contributed by atoms with Crippen LogP contribution in [0.1, 0.15) is 50.6 Å². The first-order chi connectivity index (χ1) is 12.2. The van der Waals surface area contributed by atoms with Gasteiger partial charge in [0.2, 0.25) is 11.8 Å². The van der Waals surface area contributed by atoms with Gasteiger partial charge in [-0.05, 0) is 25.3 Å². The molecule has 3 rings (SSSR count). The number of unbranched alkanes of at least 4 members (excludes halogenated alkanes) is 1. The van der Waals surface area contributed by atoms with E-state index < -0.39 is 0 Å². The minimum absolute atomic E-state index is 0.150. The molecule has 0 saturated carbocycles. The van der Waals surface area contributed by atoms with Crippen LogP contribution in [0.25, 0.3) is 0 Å². The van der Waals surface area contributed by atoms with Crippen molar-refractivity contribution in [3.05, 3.63) is 29.8 Å². The molecule has 0 bridgehead atoms. The minimum Gasteiger partial charge on any atom is -0.496 e. The Bertz CT molecular complexity index is 627. The van der Waals surface area contributed by atoms with E-state index in [9.17, 15) is 9.59 Å². The van der Waals surface area contributed by atoms with E-state index in [2.05, 4.69) is 6.92 Å². The predicted molar refractivity (Wildman–Crippen MR) is 96.3 cm³/mol. The Kier molecular flexibility index (Phi) is 5.61. The summed E-state index contributed by atoms with van der Waals surface area (Å²) in [7, 11) is 1.64. The highest BCUT2D eigenvalue weighted by Gasteiger charge is 2.43. The maximum atomic E-state index is 13.0. The monoisotopic (exact) mass is 344 g/mol. The van der Waals surface area contributed by atoms with Crippen molar-refractivity contribution in [1.82, 2.24) is 9.80 Å². The Labute approximate surface area is 149 Å². The molecular formula is C20H28N2O3. The second-order valence-electron chi connectivity index (χ2n) is 6.95. The van der Waals surface area contributed by atoms with Crippen LogP contribution in [0, 0.1) is 5.92 Å². The van der Waals surface area contributed by atoms with Gasteiger partial charge in [-0.2, -0.15) is 0 Å². The molecule has 136 valence electrons. The van der Waals surface area contributed by atoms with Crippen LogP contribution in [-0.4, -0.2) is 48.4 Å². The van der Waals surface area contributed by atoms with Gasteiger partial charge in [0.25, 0.3) is 0 Å². The van der Waals surface area contributed by atoms with Crippen LogP contribution in [0.5, 0.6) is 5.75 Å². The lowest BCUT2D eigenvalue weighted by molar-refractivity contribution is -0.150. The number of carbonyl (C=O) groups excluding carboxylic acids is 2. The van der Waals surface area contributed by atoms with E-state index in [0.717, 1.165) is 43.7 Å². The third-order valence-electron chi connectivity index (χ3n) is 5.40. The summed E-state index contributed by atoms with van der Waals surface area (Å²) >= 11 is 0. The Balaban J connectivity index is 1.98. The molecule has 0 spiro atoms. The van der Waals surface area contributed by atoms with Crippen LogP contribution in [0.2, 0.25) is 0 Å². The molecule has 2 aliphatic heterocycles. The van der Waals surface area contributed by atoms with Gasteiger partial charge in [-0.25, -0.2) is 0 Å². The molecule has 2 aliphatic rings. The van der Waals surface area contributed by atoms with E-state index in [1.807, 2.05) is 34.1 Å². The summed E-state index contributed by atoms with van der Waals surface area (Å²) in [6, 6.07) is 7.57. The average Bonchev–Trinajstić information content (AvgIpc) is 2.58. The van der Waals surface area contributed by atoms with Crippen molar-refractivity contribution in [3.8, 4) is 5.75 Å². The first-order valence-corrected chi connectivity index (χ1v) is 9.38. The number of benzene rings is 1. The number of amides is 2. The van der Waals surface area contributed by atoms with Crippen molar-refractivity contribution < 1.29 is 14.3 Å². The van der Waals surface area contributed by atoms with Gasteiger partial charge in [-0.15, -0.1) is 0 Å². The summed E-state index contributed by atoms with van der Waals surface area (Å²) in [5.74, 6) is 0.921. The fourth-order valence-electron chi connectivity index (χ4n) is 3.87. The number of piperidine rings is 1. The third kappa shape index (κ3) is 3.51. The van der Waals surface area contributed by atoms with E-state index >= 15 is 0 Å². The van der Waals surface area contributed by atoms with Crippen molar-refractivity contribution in [1.29, 1.82) is 0 Å². The number of likely N-dealkylation sites (tertiary alicyclic amines) is 2. The number of hydrogen-bond acceptors (Lipinski definition) is 3. The molecular weight excluding hydrogens is 316 g/mol. The van der Waals surface area contributed by atoms with Gasteiger partial charge < -0.3 is 14.5 Å². The number of ether oxygens (including phenoxy) is 1. The van der Waals surface area contributed by atoms with Gasteiger partial charge >= 0.3 is 0 Å². The highest BCUT2D eigenvalue weighted by Crippen LogP contribution is 2.41. The SMILES string of the molecule is CCCCN1C(=O)CC[C@H](C(=O)N2CCC2)[C@H]1c1ccccc1OC. The summed E-state index contributed by atoms with van der Waals surface area (Å²) in [4.78, 5) is 29.6.